The minimum atomic E-state index is -0.530. The predicted octanol–water partition coefficient (Wildman–Crippen LogP) is 1.29. The highest BCUT2D eigenvalue weighted by Gasteiger charge is 2.12. The van der Waals surface area contributed by atoms with E-state index in [1.54, 1.807) is 25.1 Å². The number of ketones is 1. The molecule has 0 unspecified atom stereocenters. The third-order valence-electron chi connectivity index (χ3n) is 2.77. The van der Waals surface area contributed by atoms with Gasteiger partial charge in [-0.05, 0) is 18.2 Å². The first-order valence-electron chi connectivity index (χ1n) is 5.98. The maximum atomic E-state index is 11.4. The van der Waals surface area contributed by atoms with E-state index in [9.17, 15) is 4.79 Å². The molecule has 0 spiro atoms. The van der Waals surface area contributed by atoms with Gasteiger partial charge in [-0.15, -0.1) is 10.2 Å². The van der Waals surface area contributed by atoms with E-state index in [1.807, 2.05) is 0 Å². The Hall–Kier alpha value is -2.54. The van der Waals surface area contributed by atoms with E-state index in [1.165, 1.54) is 0 Å². The number of carbonyl (C=O) groups is 1. The summed E-state index contributed by atoms with van der Waals surface area (Å²) in [5, 5.41) is 16.4. The molecule has 0 saturated heterocycles. The Kier molecular flexibility index (Phi) is 3.03. The molecule has 0 atom stereocenters. The number of oxazole rings is 1. The maximum Gasteiger partial charge on any atom is 0.225 e. The number of benzene rings is 1. The zero-order valence-corrected chi connectivity index (χ0v) is 10.7. The highest BCUT2D eigenvalue weighted by atomic mass is 16.4. The fourth-order valence-electron chi connectivity index (χ4n) is 1.85. The molecule has 102 valence electrons. The Bertz CT molecular complexity index is 775. The second-order valence-electron chi connectivity index (χ2n) is 4.26. The van der Waals surface area contributed by atoms with Gasteiger partial charge in [0.25, 0.3) is 0 Å². The molecular formula is C13H11N3O4. The molecule has 20 heavy (non-hydrogen) atoms. The molecule has 0 fully saturated rings. The van der Waals surface area contributed by atoms with Crippen molar-refractivity contribution in [1.82, 2.24) is 15.2 Å². The van der Waals surface area contributed by atoms with E-state index < -0.39 is 6.61 Å². The van der Waals surface area contributed by atoms with Crippen molar-refractivity contribution in [1.29, 1.82) is 0 Å². The van der Waals surface area contributed by atoms with Crippen molar-refractivity contribution in [3.05, 3.63) is 41.4 Å². The third-order valence-corrected chi connectivity index (χ3v) is 2.77. The Morgan fingerprint density at radius 1 is 1.25 bits per heavy atom. The molecule has 0 saturated carbocycles. The summed E-state index contributed by atoms with van der Waals surface area (Å²) in [4.78, 5) is 15.7. The second kappa shape index (κ2) is 4.86. The van der Waals surface area contributed by atoms with Crippen LogP contribution in [0.3, 0.4) is 0 Å². The van der Waals surface area contributed by atoms with Gasteiger partial charge in [-0.2, -0.15) is 0 Å². The topological polar surface area (TPSA) is 102 Å². The number of hydrogen-bond acceptors (Lipinski definition) is 7. The summed E-state index contributed by atoms with van der Waals surface area (Å²) in [6, 6.07) is 4.82. The highest BCUT2D eigenvalue weighted by molar-refractivity contribution is 5.99. The molecule has 2 heterocycles. The monoisotopic (exact) mass is 273 g/mol. The van der Waals surface area contributed by atoms with E-state index in [0.29, 0.717) is 40.8 Å². The summed E-state index contributed by atoms with van der Waals surface area (Å²) >= 11 is 0. The molecular weight excluding hydrogens is 262 g/mol. The molecule has 0 aliphatic rings. The largest absolute Gasteiger partial charge is 0.440 e. The van der Waals surface area contributed by atoms with Gasteiger partial charge in [0, 0.05) is 12.5 Å². The van der Waals surface area contributed by atoms with Crippen molar-refractivity contribution >= 4 is 16.9 Å². The molecule has 1 N–H and O–H groups in total. The minimum absolute atomic E-state index is 0.290. The Morgan fingerprint density at radius 3 is 2.80 bits per heavy atom. The molecule has 7 nitrogen and oxygen atoms in total. The van der Waals surface area contributed by atoms with Crippen LogP contribution in [0.2, 0.25) is 0 Å². The normalized spacial score (nSPS) is 11.1. The van der Waals surface area contributed by atoms with Gasteiger partial charge >= 0.3 is 0 Å². The maximum absolute atomic E-state index is 11.4. The molecule has 1 aromatic carbocycles. The van der Waals surface area contributed by atoms with Gasteiger partial charge in [0.2, 0.25) is 17.7 Å². The van der Waals surface area contributed by atoms with Crippen LogP contribution in [-0.4, -0.2) is 32.7 Å². The minimum Gasteiger partial charge on any atom is -0.440 e. The van der Waals surface area contributed by atoms with E-state index >= 15 is 0 Å². The first-order valence-corrected chi connectivity index (χ1v) is 5.98. The van der Waals surface area contributed by atoms with Crippen LogP contribution in [0.1, 0.15) is 28.0 Å². The quantitative estimate of drug-likeness (QED) is 0.714. The number of fused-ring (bicyclic) bond motifs is 1. The van der Waals surface area contributed by atoms with Crippen LogP contribution in [0.4, 0.5) is 0 Å². The number of nitrogens with zero attached hydrogens (tertiary/aromatic N) is 3. The summed E-state index contributed by atoms with van der Waals surface area (Å²) < 4.78 is 10.8. The molecule has 0 aliphatic heterocycles. The van der Waals surface area contributed by atoms with Gasteiger partial charge in [-0.25, -0.2) is 4.98 Å². The zero-order valence-electron chi connectivity index (χ0n) is 10.7. The van der Waals surface area contributed by atoms with Crippen LogP contribution in [0.15, 0.2) is 27.0 Å². The zero-order chi connectivity index (χ0) is 14.1. The Labute approximate surface area is 113 Å². The number of Topliss-reactive ketones (excluding diaryl/α,β-unsaturated/α-hetero) is 1. The lowest BCUT2D eigenvalue weighted by Gasteiger charge is -1.95. The van der Waals surface area contributed by atoms with Gasteiger partial charge in [-0.3, -0.25) is 4.79 Å². The van der Waals surface area contributed by atoms with E-state index in [0.717, 1.165) is 0 Å². The van der Waals surface area contributed by atoms with E-state index in [4.69, 9.17) is 13.9 Å². The van der Waals surface area contributed by atoms with Crippen molar-refractivity contribution < 1.29 is 18.7 Å². The standard InChI is InChI=1S/C13H11N3O4/c1-7-15-16-13(19-7)5-12-14-9-4-8(10(18)6-17)2-3-11(9)20-12/h2-4,17H,5-6H2,1H3. The lowest BCUT2D eigenvalue weighted by molar-refractivity contribution is 0.0904. The van der Waals surface area contributed by atoms with Crippen LogP contribution in [0, 0.1) is 6.92 Å². The van der Waals surface area contributed by atoms with Crippen molar-refractivity contribution in [2.45, 2.75) is 13.3 Å². The second-order valence-corrected chi connectivity index (χ2v) is 4.26. The fraction of sp³-hybridized carbons (Fsp3) is 0.231. The molecule has 2 aromatic heterocycles. The summed E-state index contributed by atoms with van der Waals surface area (Å²) in [6.07, 6.45) is 0.290. The van der Waals surface area contributed by atoms with Gasteiger partial charge in [0.15, 0.2) is 11.4 Å². The fourth-order valence-corrected chi connectivity index (χ4v) is 1.85. The van der Waals surface area contributed by atoms with Gasteiger partial charge in [-0.1, -0.05) is 0 Å². The molecule has 0 radical (unpaired) electrons. The van der Waals surface area contributed by atoms with Crippen LogP contribution in [0.25, 0.3) is 11.1 Å². The summed E-state index contributed by atoms with van der Waals surface area (Å²) in [5.41, 5.74) is 1.51. The van der Waals surface area contributed by atoms with Gasteiger partial charge in [0.1, 0.15) is 18.5 Å². The number of aryl methyl sites for hydroxylation is 1. The first-order chi connectivity index (χ1) is 9.65. The number of carbonyl (C=O) groups excluding carboxylic acids is 1. The lowest BCUT2D eigenvalue weighted by Crippen LogP contribution is -2.03. The van der Waals surface area contributed by atoms with Crippen molar-refractivity contribution in [2.24, 2.45) is 0 Å². The van der Waals surface area contributed by atoms with Gasteiger partial charge < -0.3 is 13.9 Å². The first kappa shape index (κ1) is 12.5. The number of rotatable bonds is 4. The molecule has 7 heteroatoms. The smallest absolute Gasteiger partial charge is 0.225 e. The lowest BCUT2D eigenvalue weighted by atomic mass is 10.1. The highest BCUT2D eigenvalue weighted by Crippen LogP contribution is 2.19. The average molecular weight is 273 g/mol. The van der Waals surface area contributed by atoms with Gasteiger partial charge in [0.05, 0.1) is 0 Å². The van der Waals surface area contributed by atoms with Crippen molar-refractivity contribution in [2.75, 3.05) is 6.61 Å². The number of aromatic nitrogens is 3. The van der Waals surface area contributed by atoms with E-state index in [-0.39, 0.29) is 5.78 Å². The number of aliphatic hydroxyl groups excluding tert-OH is 1. The number of hydrogen-bond donors (Lipinski definition) is 1. The average Bonchev–Trinajstić information content (AvgIpc) is 3.02. The summed E-state index contributed by atoms with van der Waals surface area (Å²) in [6.45, 7) is 1.17. The van der Waals surface area contributed by atoms with Crippen LogP contribution >= 0.6 is 0 Å². The Balaban J connectivity index is 1.92. The van der Waals surface area contributed by atoms with E-state index in [2.05, 4.69) is 15.2 Å². The van der Waals surface area contributed by atoms with Crippen molar-refractivity contribution in [3.63, 3.8) is 0 Å². The number of aliphatic hydroxyl groups is 1. The predicted molar refractivity (Wildman–Crippen MR) is 67.3 cm³/mol. The molecule has 3 rings (SSSR count). The van der Waals surface area contributed by atoms with Crippen LogP contribution in [-0.2, 0) is 6.42 Å². The molecule has 0 amide bonds. The summed E-state index contributed by atoms with van der Waals surface area (Å²) in [7, 11) is 0. The third kappa shape index (κ3) is 2.30. The summed E-state index contributed by atoms with van der Waals surface area (Å²) in [5.74, 6) is 0.967. The SMILES string of the molecule is Cc1nnc(Cc2nc3cc(C(=O)CO)ccc3o2)o1. The van der Waals surface area contributed by atoms with Crippen molar-refractivity contribution in [3.8, 4) is 0 Å². The molecule has 3 aromatic rings. The Morgan fingerprint density at radius 2 is 2.10 bits per heavy atom. The van der Waals surface area contributed by atoms with Crippen LogP contribution in [0.5, 0.6) is 0 Å². The molecule has 0 aliphatic carbocycles. The molecule has 0 bridgehead atoms. The van der Waals surface area contributed by atoms with Crippen LogP contribution < -0.4 is 0 Å².